The third-order valence-corrected chi connectivity index (χ3v) is 6.09. The van der Waals surface area contributed by atoms with E-state index in [4.69, 9.17) is 19.8 Å². The van der Waals surface area contributed by atoms with Gasteiger partial charge in [0, 0.05) is 35.6 Å². The normalized spacial score (nSPS) is 8.92. The molecule has 0 fully saturated rings. The van der Waals surface area contributed by atoms with E-state index in [9.17, 15) is 9.59 Å². The molecule has 0 radical (unpaired) electrons. The van der Waals surface area contributed by atoms with Crippen LogP contribution in [-0.2, 0) is 34.9 Å². The number of hydrogen-bond donors (Lipinski definition) is 0. The Hall–Kier alpha value is -3.11. The second kappa shape index (κ2) is 21.8. The molecule has 0 aliphatic heterocycles. The van der Waals surface area contributed by atoms with E-state index < -0.39 is 0 Å². The molecule has 0 unspecified atom stereocenters. The predicted molar refractivity (Wildman–Crippen MR) is 162 cm³/mol. The third-order valence-electron chi connectivity index (χ3n) is 4.34. The zero-order chi connectivity index (χ0) is 28.2. The van der Waals surface area contributed by atoms with E-state index in [-0.39, 0.29) is 44.9 Å². The van der Waals surface area contributed by atoms with Crippen LogP contribution in [0.5, 0.6) is 0 Å². The van der Waals surface area contributed by atoms with Crippen LogP contribution in [0.1, 0.15) is 34.7 Å². The van der Waals surface area contributed by atoms with Crippen LogP contribution in [-0.4, -0.2) is 52.5 Å². The van der Waals surface area contributed by atoms with Gasteiger partial charge in [-0.1, -0.05) is 59.7 Å². The van der Waals surface area contributed by atoms with Crippen molar-refractivity contribution >= 4 is 45.8 Å². The van der Waals surface area contributed by atoms with E-state index in [1.165, 1.54) is 26.7 Å². The smallest absolute Gasteiger partial charge is 0.247 e. The Morgan fingerprint density at radius 3 is 1.13 bits per heavy atom. The summed E-state index contributed by atoms with van der Waals surface area (Å²) in [6.45, 7) is 3.88. The Bertz CT molecular complexity index is 1110. The molecule has 4 aromatic rings. The first-order valence-corrected chi connectivity index (χ1v) is 13.3. The average Bonchev–Trinajstić information content (AvgIpc) is 3.65. The largest absolute Gasteiger partial charge is 0.441 e. The summed E-state index contributed by atoms with van der Waals surface area (Å²) in [6.07, 6.45) is 2.63. The zero-order valence-corrected chi connectivity index (χ0v) is 25.1. The topological polar surface area (TPSA) is 131 Å². The van der Waals surface area contributed by atoms with Crippen LogP contribution in [0.15, 0.2) is 95.7 Å². The number of benzene rings is 2. The van der Waals surface area contributed by atoms with E-state index in [2.05, 4.69) is 0 Å². The van der Waals surface area contributed by atoms with Gasteiger partial charge in [-0.25, -0.2) is 0 Å². The molecule has 8 N–H and O–H groups in total. The van der Waals surface area contributed by atoms with Crippen molar-refractivity contribution in [2.45, 2.75) is 27.1 Å². The Labute approximate surface area is 252 Å². The van der Waals surface area contributed by atoms with Gasteiger partial charge in [0.2, 0.25) is 23.1 Å². The summed E-state index contributed by atoms with van der Waals surface area (Å²) in [7, 11) is 0. The number of ketones is 4. The molecule has 9 heteroatoms. The number of rotatable bonds is 8. The van der Waals surface area contributed by atoms with Crippen molar-refractivity contribution in [1.82, 2.24) is 0 Å². The van der Waals surface area contributed by atoms with Gasteiger partial charge in [0.05, 0.1) is 9.75 Å². The van der Waals surface area contributed by atoms with Crippen LogP contribution in [0.2, 0.25) is 0 Å². The monoisotopic (exact) mass is 604 g/mol. The standard InChI is InChI=1S/2C10H9O2.2C5H6OS.Ti/c2*1-8(11)7-10(12)9-5-3-2-4-6-9;2*6-4-5-2-1-3-7-5;/h2*2-7H,1H3;2*1-3,6H,4H2;/q2*-1;;;/p+6. The van der Waals surface area contributed by atoms with Gasteiger partial charge in [0.25, 0.3) is 0 Å². The summed E-state index contributed by atoms with van der Waals surface area (Å²) in [5, 5.41) is 17.7. The first-order chi connectivity index (χ1) is 18.3. The molecule has 4 rings (SSSR count). The van der Waals surface area contributed by atoms with E-state index in [0.717, 1.165) is 9.75 Å². The van der Waals surface area contributed by atoms with Crippen LogP contribution >= 0.6 is 22.7 Å². The minimum absolute atomic E-state index is 0. The van der Waals surface area contributed by atoms with Crippen molar-refractivity contribution in [2.24, 2.45) is 0 Å². The molecule has 0 amide bonds. The quantitative estimate of drug-likeness (QED) is 0.0912. The molecule has 2 heterocycles. The molecule has 0 bridgehead atoms. The Balaban J connectivity index is 0.000000504. The number of hydrogen-bond acceptors (Lipinski definition) is 2. The maximum atomic E-state index is 9.37. The summed E-state index contributed by atoms with van der Waals surface area (Å²) < 4.78 is 0. The van der Waals surface area contributed by atoms with Crippen molar-refractivity contribution < 1.29 is 51.1 Å². The minimum Gasteiger partial charge on any atom is -0.441 e. The van der Waals surface area contributed by atoms with Crippen molar-refractivity contribution in [1.29, 1.82) is 0 Å². The van der Waals surface area contributed by atoms with E-state index >= 15 is 0 Å². The molecule has 0 aliphatic carbocycles. The molecule has 0 saturated heterocycles. The van der Waals surface area contributed by atoms with Gasteiger partial charge in [0.1, 0.15) is 0 Å². The van der Waals surface area contributed by atoms with Gasteiger partial charge < -0.3 is 19.8 Å². The summed E-state index contributed by atoms with van der Waals surface area (Å²) >= 11 is 3.27. The second-order valence-corrected chi connectivity index (χ2v) is 9.65. The van der Waals surface area contributed by atoms with Crippen molar-refractivity contribution in [3.8, 4) is 0 Å². The molecule has 204 valence electrons. The van der Waals surface area contributed by atoms with Crippen LogP contribution < -0.4 is 0 Å². The van der Waals surface area contributed by atoms with Crippen molar-refractivity contribution in [3.63, 3.8) is 0 Å². The van der Waals surface area contributed by atoms with Gasteiger partial charge in [-0.05, 0) is 35.7 Å². The van der Waals surface area contributed by atoms with Gasteiger partial charge >= 0.3 is 0 Å². The van der Waals surface area contributed by atoms with Gasteiger partial charge in [-0.3, -0.25) is 9.59 Å². The van der Waals surface area contributed by atoms with Gasteiger partial charge in [-0.2, -0.15) is 0 Å². The van der Waals surface area contributed by atoms with Crippen molar-refractivity contribution in [3.05, 3.63) is 129 Å². The average molecular weight is 605 g/mol. The van der Waals surface area contributed by atoms with E-state index in [1.54, 1.807) is 46.9 Å². The number of thiophene rings is 2. The molecule has 2 aromatic heterocycles. The molecule has 0 spiro atoms. The molecule has 0 atom stereocenters. The first-order valence-electron chi connectivity index (χ1n) is 11.6. The molecule has 0 saturated carbocycles. The maximum absolute atomic E-state index is 9.37. The van der Waals surface area contributed by atoms with Crippen LogP contribution in [0, 0.1) is 12.8 Å². The first kappa shape index (κ1) is 35.9. The summed E-state index contributed by atoms with van der Waals surface area (Å²) in [5.41, 5.74) is 1.40. The van der Waals surface area contributed by atoms with Crippen LogP contribution in [0.4, 0.5) is 0 Å². The summed E-state index contributed by atoms with van der Waals surface area (Å²) in [6, 6.07) is 26.0. The SMILES string of the molecule is CC(=[OH+])[CH-]C(=[OH+])c1ccccc1.CC(=[OH+])[CH-]C(=[OH+])c1ccccc1.[OH2+]Cc1cccs1.[OH2+]Cc1cccs1.[Ti]. The molecule has 6 nitrogen and oxygen atoms in total. The predicted octanol–water partition coefficient (Wildman–Crippen LogP) is 4.64. The minimum atomic E-state index is 0. The molecule has 0 aliphatic rings. The Morgan fingerprint density at radius 1 is 0.590 bits per heavy atom. The summed E-state index contributed by atoms with van der Waals surface area (Å²) in [5.74, 6) is 0.346. The van der Waals surface area contributed by atoms with Crippen LogP contribution in [0.25, 0.3) is 0 Å². The Kier molecular flexibility index (Phi) is 20.1. The van der Waals surface area contributed by atoms with E-state index in [1.807, 2.05) is 71.4 Å². The summed E-state index contributed by atoms with van der Waals surface area (Å²) in [4.78, 5) is 38.7. The third kappa shape index (κ3) is 17.2. The zero-order valence-electron chi connectivity index (χ0n) is 21.9. The molecule has 39 heavy (non-hydrogen) atoms. The molecular formula is C30H36O6S2Ti+4. The van der Waals surface area contributed by atoms with Crippen LogP contribution in [0.3, 0.4) is 0 Å². The molecule has 2 aromatic carbocycles. The fraction of sp³-hybridized carbons (Fsp3) is 0.133. The number of carbonyl (C=O) groups excluding carboxylic acids is 4. The second-order valence-electron chi connectivity index (χ2n) is 7.59. The maximum Gasteiger partial charge on any atom is 0.247 e. The van der Waals surface area contributed by atoms with Gasteiger partial charge in [0.15, 0.2) is 13.2 Å². The fourth-order valence-electron chi connectivity index (χ4n) is 2.61. The fourth-order valence-corrected chi connectivity index (χ4v) is 3.75. The van der Waals surface area contributed by atoms with Gasteiger partial charge in [-0.15, -0.1) is 46.9 Å². The van der Waals surface area contributed by atoms with Crippen molar-refractivity contribution in [2.75, 3.05) is 0 Å². The molecular weight excluding hydrogens is 568 g/mol. The Morgan fingerprint density at radius 2 is 0.923 bits per heavy atom. The van der Waals surface area contributed by atoms with E-state index in [0.29, 0.717) is 24.3 Å².